The molecule has 2 N–H and O–H groups in total. The summed E-state index contributed by atoms with van der Waals surface area (Å²) in [5.41, 5.74) is 0.929. The molecule has 1 amide bonds. The van der Waals surface area contributed by atoms with Crippen LogP contribution < -0.4 is 5.32 Å². The second-order valence-corrected chi connectivity index (χ2v) is 13.7. The Morgan fingerprint density at radius 1 is 0.972 bits per heavy atom. The van der Waals surface area contributed by atoms with Gasteiger partial charge in [0.1, 0.15) is 6.10 Å². The molecule has 4 fully saturated rings. The Hall–Kier alpha value is -1.36. The van der Waals surface area contributed by atoms with E-state index in [1.165, 1.54) is 32.6 Å². The van der Waals surface area contributed by atoms with Crippen molar-refractivity contribution in [3.8, 4) is 0 Å². The Bertz CT molecular complexity index is 882. The Morgan fingerprint density at radius 2 is 1.61 bits per heavy atom. The van der Waals surface area contributed by atoms with Crippen LogP contribution in [0.4, 0.5) is 0 Å². The van der Waals surface area contributed by atoms with Crippen LogP contribution in [0.3, 0.4) is 0 Å². The zero-order chi connectivity index (χ0) is 26.6. The van der Waals surface area contributed by atoms with Crippen LogP contribution in [0.5, 0.6) is 0 Å². The van der Waals surface area contributed by atoms with Gasteiger partial charge in [-0.2, -0.15) is 0 Å². The largest absolute Gasteiger partial charge is 0.460 e. The van der Waals surface area contributed by atoms with E-state index >= 15 is 0 Å². The predicted octanol–water partition coefficient (Wildman–Crippen LogP) is 5.90. The summed E-state index contributed by atoms with van der Waals surface area (Å²) < 4.78 is 5.83. The molecule has 0 radical (unpaired) electrons. The van der Waals surface area contributed by atoms with Gasteiger partial charge in [-0.25, -0.2) is 0 Å². The molecule has 0 aromatic rings. The van der Waals surface area contributed by atoms with Crippen molar-refractivity contribution in [2.24, 2.45) is 52.3 Å². The summed E-state index contributed by atoms with van der Waals surface area (Å²) in [5, 5.41) is 14.7. The number of amides is 1. The Morgan fingerprint density at radius 3 is 2.22 bits per heavy atom. The lowest BCUT2D eigenvalue weighted by Crippen LogP contribution is -2.66. The number of carbonyl (C=O) groups is 2. The van der Waals surface area contributed by atoms with Crippen LogP contribution in [0.2, 0.25) is 0 Å². The molecular weight excluding hydrogens is 450 g/mol. The second-order valence-electron chi connectivity index (χ2n) is 13.7. The average molecular weight is 502 g/mol. The molecule has 0 aromatic carbocycles. The predicted molar refractivity (Wildman–Crippen MR) is 143 cm³/mol. The van der Waals surface area contributed by atoms with Crippen LogP contribution in [0.15, 0.2) is 11.6 Å². The van der Waals surface area contributed by atoms with Gasteiger partial charge in [0.05, 0.1) is 12.1 Å². The SMILES string of the molecule is C/C=C(\C)C(=O)N[C@@H]1[C@H](O)[C@@H]2CC[C@@H]3[C@H](CC[C@]4(C)[C@@H]([C@H](C)C(C)C)CC[C@@H]34)[C@@]2(C)C[C@@H]1OC(C)=O. The smallest absolute Gasteiger partial charge is 0.302 e. The second kappa shape index (κ2) is 10.1. The van der Waals surface area contributed by atoms with Gasteiger partial charge in [0.2, 0.25) is 5.91 Å². The molecule has 36 heavy (non-hydrogen) atoms. The minimum absolute atomic E-state index is 0.0948. The number of ether oxygens (including phenoxy) is 1. The zero-order valence-electron chi connectivity index (χ0n) is 24.0. The molecule has 204 valence electrons. The van der Waals surface area contributed by atoms with Crippen LogP contribution in [0.1, 0.15) is 100 Å². The highest BCUT2D eigenvalue weighted by Crippen LogP contribution is 2.68. The first-order chi connectivity index (χ1) is 16.8. The lowest BCUT2D eigenvalue weighted by molar-refractivity contribution is -0.193. The van der Waals surface area contributed by atoms with E-state index in [9.17, 15) is 14.7 Å². The quantitative estimate of drug-likeness (QED) is 0.363. The molecule has 0 heterocycles. The third-order valence-corrected chi connectivity index (χ3v) is 11.9. The molecule has 11 atom stereocenters. The average Bonchev–Trinajstić information content (AvgIpc) is 3.16. The fourth-order valence-electron chi connectivity index (χ4n) is 9.65. The van der Waals surface area contributed by atoms with Crippen LogP contribution in [-0.4, -0.2) is 35.2 Å². The molecule has 0 spiro atoms. The van der Waals surface area contributed by atoms with Crippen molar-refractivity contribution in [1.29, 1.82) is 0 Å². The first-order valence-electron chi connectivity index (χ1n) is 14.6. The van der Waals surface area contributed by atoms with Gasteiger partial charge in [-0.3, -0.25) is 9.59 Å². The molecule has 4 aliphatic rings. The fraction of sp³-hybridized carbons (Fsp3) is 0.871. The summed E-state index contributed by atoms with van der Waals surface area (Å²) in [6, 6.07) is -0.567. The summed E-state index contributed by atoms with van der Waals surface area (Å²) in [4.78, 5) is 24.9. The molecule has 0 aliphatic heterocycles. The molecule has 0 bridgehead atoms. The van der Waals surface area contributed by atoms with Gasteiger partial charge in [0.25, 0.3) is 0 Å². The summed E-state index contributed by atoms with van der Waals surface area (Å²) >= 11 is 0. The van der Waals surface area contributed by atoms with Crippen LogP contribution in [-0.2, 0) is 14.3 Å². The monoisotopic (exact) mass is 501 g/mol. The van der Waals surface area contributed by atoms with E-state index in [1.807, 2.05) is 6.92 Å². The summed E-state index contributed by atoms with van der Waals surface area (Å²) in [7, 11) is 0. The Labute approximate surface area is 219 Å². The van der Waals surface area contributed by atoms with Gasteiger partial charge in [0.15, 0.2) is 0 Å². The van der Waals surface area contributed by atoms with E-state index in [0.29, 0.717) is 35.2 Å². The maximum absolute atomic E-state index is 12.7. The minimum atomic E-state index is -0.715. The van der Waals surface area contributed by atoms with Crippen molar-refractivity contribution >= 4 is 11.9 Å². The summed E-state index contributed by atoms with van der Waals surface area (Å²) in [6.45, 7) is 17.2. The molecule has 4 saturated carbocycles. The van der Waals surface area contributed by atoms with Gasteiger partial charge < -0.3 is 15.2 Å². The summed E-state index contributed by atoms with van der Waals surface area (Å²) in [6.07, 6.45) is 8.55. The number of hydrogen-bond acceptors (Lipinski definition) is 4. The van der Waals surface area contributed by atoms with Gasteiger partial charge in [-0.05, 0) is 111 Å². The van der Waals surface area contributed by atoms with E-state index < -0.39 is 18.2 Å². The number of rotatable bonds is 5. The summed E-state index contributed by atoms with van der Waals surface area (Å²) in [5.74, 6) is 3.79. The number of nitrogens with one attached hydrogen (secondary N) is 1. The number of aliphatic hydroxyl groups excluding tert-OH is 1. The highest BCUT2D eigenvalue weighted by atomic mass is 16.5. The third-order valence-electron chi connectivity index (χ3n) is 11.9. The number of fused-ring (bicyclic) bond motifs is 5. The van der Waals surface area contributed by atoms with Gasteiger partial charge in [-0.15, -0.1) is 0 Å². The van der Waals surface area contributed by atoms with Crippen molar-refractivity contribution in [2.75, 3.05) is 0 Å². The minimum Gasteiger partial charge on any atom is -0.460 e. The highest BCUT2D eigenvalue weighted by Gasteiger charge is 2.64. The zero-order valence-corrected chi connectivity index (χ0v) is 24.0. The van der Waals surface area contributed by atoms with Gasteiger partial charge in [-0.1, -0.05) is 40.7 Å². The lowest BCUT2D eigenvalue weighted by atomic mass is 9.43. The topological polar surface area (TPSA) is 75.6 Å². The van der Waals surface area contributed by atoms with E-state index in [0.717, 1.165) is 30.6 Å². The normalized spacial score (nSPS) is 45.3. The fourth-order valence-corrected chi connectivity index (χ4v) is 9.65. The lowest BCUT2D eigenvalue weighted by Gasteiger charge is -2.63. The standard InChI is InChI=1S/C31H51NO4/c1-9-18(4)29(35)32-27-26(36-20(6)33)16-31(8)24-14-15-30(7)22(19(5)17(2)3)12-13-23(30)21(24)10-11-25(31)28(27)34/h9,17,19,21-28,34H,10-16H2,1-8H3,(H,32,35)/b18-9+/t19-,21+,22-,23+,24+,25+,26+,27+,28-,30-,31-/m1/s1. The number of aliphatic hydroxyl groups is 1. The molecule has 5 heteroatoms. The van der Waals surface area contributed by atoms with E-state index in [4.69, 9.17) is 4.74 Å². The number of esters is 1. The van der Waals surface area contributed by atoms with Crippen LogP contribution in [0.25, 0.3) is 0 Å². The van der Waals surface area contributed by atoms with Crippen molar-refractivity contribution in [1.82, 2.24) is 5.32 Å². The van der Waals surface area contributed by atoms with Crippen LogP contribution in [0, 0.1) is 52.3 Å². The van der Waals surface area contributed by atoms with E-state index in [-0.39, 0.29) is 23.2 Å². The maximum Gasteiger partial charge on any atom is 0.302 e. The molecular formula is C31H51NO4. The van der Waals surface area contributed by atoms with Crippen molar-refractivity contribution in [2.45, 2.75) is 119 Å². The van der Waals surface area contributed by atoms with Gasteiger partial charge >= 0.3 is 5.97 Å². The van der Waals surface area contributed by atoms with Gasteiger partial charge in [0, 0.05) is 12.5 Å². The van der Waals surface area contributed by atoms with E-state index in [1.54, 1.807) is 13.0 Å². The number of hydrogen-bond donors (Lipinski definition) is 2. The first kappa shape index (κ1) is 27.7. The Balaban J connectivity index is 1.61. The number of carbonyl (C=O) groups excluding carboxylic acids is 2. The molecule has 0 saturated heterocycles. The third kappa shape index (κ3) is 4.46. The van der Waals surface area contributed by atoms with Crippen molar-refractivity contribution < 1.29 is 19.4 Å². The van der Waals surface area contributed by atoms with Crippen molar-refractivity contribution in [3.63, 3.8) is 0 Å². The van der Waals surface area contributed by atoms with Crippen molar-refractivity contribution in [3.05, 3.63) is 11.6 Å². The Kier molecular flexibility index (Phi) is 7.74. The van der Waals surface area contributed by atoms with E-state index in [2.05, 4.69) is 39.9 Å². The highest BCUT2D eigenvalue weighted by molar-refractivity contribution is 5.93. The molecule has 5 nitrogen and oxygen atoms in total. The first-order valence-corrected chi connectivity index (χ1v) is 14.6. The molecule has 0 unspecified atom stereocenters. The molecule has 0 aromatic heterocycles. The molecule has 4 rings (SSSR count). The maximum atomic E-state index is 12.7. The number of allylic oxidation sites excluding steroid dienone is 1. The van der Waals surface area contributed by atoms with Crippen LogP contribution >= 0.6 is 0 Å². The molecule has 4 aliphatic carbocycles.